The van der Waals surface area contributed by atoms with Crippen LogP contribution < -0.4 is 10.6 Å². The summed E-state index contributed by atoms with van der Waals surface area (Å²) in [4.78, 5) is 24.5. The molecule has 0 aromatic heterocycles. The molecule has 126 valence electrons. The van der Waals surface area contributed by atoms with Gasteiger partial charge in [0.2, 0.25) is 0 Å². The topological polar surface area (TPSA) is 58.2 Å². The highest BCUT2D eigenvalue weighted by Gasteiger charge is 2.21. The number of hydrogen-bond donors (Lipinski definition) is 2. The van der Waals surface area contributed by atoms with Crippen LogP contribution in [0.5, 0.6) is 0 Å². The molecule has 0 aliphatic rings. The van der Waals surface area contributed by atoms with Gasteiger partial charge in [-0.3, -0.25) is 9.59 Å². The monoisotopic (exact) mass is 324 g/mol. The Labute approximate surface area is 143 Å². The first-order valence-electron chi connectivity index (χ1n) is 8.12. The van der Waals surface area contributed by atoms with Crippen LogP contribution in [0.2, 0.25) is 0 Å². The Morgan fingerprint density at radius 1 is 0.833 bits per heavy atom. The van der Waals surface area contributed by atoms with Gasteiger partial charge in [0.25, 0.3) is 0 Å². The van der Waals surface area contributed by atoms with Crippen LogP contribution >= 0.6 is 0 Å². The van der Waals surface area contributed by atoms with Gasteiger partial charge in [-0.1, -0.05) is 64.1 Å². The van der Waals surface area contributed by atoms with Crippen LogP contribution in [0.1, 0.15) is 38.8 Å². The lowest BCUT2D eigenvalue weighted by atomic mass is 9.86. The Hall–Kier alpha value is -2.62. The summed E-state index contributed by atoms with van der Waals surface area (Å²) in [5, 5.41) is 5.41. The Morgan fingerprint density at radius 3 is 1.92 bits per heavy atom. The molecule has 2 aromatic rings. The Morgan fingerprint density at radius 2 is 1.33 bits per heavy atom. The highest BCUT2D eigenvalue weighted by Crippen LogP contribution is 2.29. The number of para-hydroxylation sites is 2. The van der Waals surface area contributed by atoms with Gasteiger partial charge in [-0.2, -0.15) is 0 Å². The van der Waals surface area contributed by atoms with E-state index in [9.17, 15) is 9.59 Å². The van der Waals surface area contributed by atoms with Crippen molar-refractivity contribution in [3.8, 4) is 0 Å². The number of nitrogens with one attached hydrogen (secondary N) is 2. The first kappa shape index (κ1) is 17.7. The smallest absolute Gasteiger partial charge is 0.314 e. The summed E-state index contributed by atoms with van der Waals surface area (Å²) in [6.45, 7) is 8.20. The molecular weight excluding hydrogens is 300 g/mol. The van der Waals surface area contributed by atoms with Gasteiger partial charge in [-0.25, -0.2) is 0 Å². The van der Waals surface area contributed by atoms with Gasteiger partial charge in [0.15, 0.2) is 0 Å². The van der Waals surface area contributed by atoms with E-state index in [2.05, 4.69) is 31.4 Å². The number of carbonyl (C=O) groups excluding carboxylic acids is 2. The lowest BCUT2D eigenvalue weighted by Gasteiger charge is -2.22. The maximum absolute atomic E-state index is 12.3. The van der Waals surface area contributed by atoms with Crippen molar-refractivity contribution in [1.29, 1.82) is 0 Å². The van der Waals surface area contributed by atoms with Crippen LogP contribution in [0.3, 0.4) is 0 Å². The average molecular weight is 324 g/mol. The first-order valence-corrected chi connectivity index (χ1v) is 8.12. The van der Waals surface area contributed by atoms with Gasteiger partial charge in [0.05, 0.1) is 0 Å². The SMILES string of the molecule is CCc1ccccc1NC(=O)C(=O)Nc1ccccc1C(C)(C)C. The third-order valence-electron chi connectivity index (χ3n) is 3.84. The van der Waals surface area contributed by atoms with E-state index in [-0.39, 0.29) is 5.41 Å². The van der Waals surface area contributed by atoms with E-state index in [1.165, 1.54) is 0 Å². The predicted octanol–water partition coefficient (Wildman–Crippen LogP) is 4.12. The standard InChI is InChI=1S/C20H24N2O2/c1-5-14-10-6-8-12-16(14)21-18(23)19(24)22-17-13-9-7-11-15(17)20(2,3)4/h6-13H,5H2,1-4H3,(H,21,23)(H,22,24). The fourth-order valence-electron chi connectivity index (χ4n) is 2.55. The highest BCUT2D eigenvalue weighted by molar-refractivity contribution is 6.43. The van der Waals surface area contributed by atoms with Gasteiger partial charge in [0, 0.05) is 11.4 Å². The van der Waals surface area contributed by atoms with Crippen LogP contribution in [0.25, 0.3) is 0 Å². The fraction of sp³-hybridized carbons (Fsp3) is 0.300. The van der Waals surface area contributed by atoms with Crippen molar-refractivity contribution in [2.24, 2.45) is 0 Å². The maximum Gasteiger partial charge on any atom is 0.314 e. The molecule has 2 aromatic carbocycles. The molecule has 0 fully saturated rings. The summed E-state index contributed by atoms with van der Waals surface area (Å²) >= 11 is 0. The van der Waals surface area contributed by atoms with Crippen LogP contribution in [-0.4, -0.2) is 11.8 Å². The first-order chi connectivity index (χ1) is 11.3. The predicted molar refractivity (Wildman–Crippen MR) is 98.2 cm³/mol. The summed E-state index contributed by atoms with van der Waals surface area (Å²) in [5.74, 6) is -1.34. The third-order valence-corrected chi connectivity index (χ3v) is 3.84. The molecule has 0 aliphatic heterocycles. The molecule has 0 unspecified atom stereocenters. The van der Waals surface area contributed by atoms with E-state index >= 15 is 0 Å². The van der Waals surface area contributed by atoms with Crippen molar-refractivity contribution in [3.05, 3.63) is 59.7 Å². The summed E-state index contributed by atoms with van der Waals surface area (Å²) < 4.78 is 0. The molecule has 0 aliphatic carbocycles. The number of amides is 2. The van der Waals surface area contributed by atoms with E-state index in [1.54, 1.807) is 6.07 Å². The quantitative estimate of drug-likeness (QED) is 0.834. The normalized spacial score (nSPS) is 11.0. The van der Waals surface area contributed by atoms with E-state index in [4.69, 9.17) is 0 Å². The fourth-order valence-corrected chi connectivity index (χ4v) is 2.55. The Bertz CT molecular complexity index is 745. The maximum atomic E-state index is 12.3. The van der Waals surface area contributed by atoms with Crippen molar-refractivity contribution >= 4 is 23.2 Å². The van der Waals surface area contributed by atoms with Crippen LogP contribution in [0.15, 0.2) is 48.5 Å². The summed E-state index contributed by atoms with van der Waals surface area (Å²) in [6, 6.07) is 15.0. The van der Waals surface area contributed by atoms with Crippen molar-refractivity contribution < 1.29 is 9.59 Å². The molecule has 2 rings (SSSR count). The summed E-state index contributed by atoms with van der Waals surface area (Å²) in [5.41, 5.74) is 3.18. The number of carbonyl (C=O) groups is 2. The largest absolute Gasteiger partial charge is 0.318 e. The van der Waals surface area contributed by atoms with Crippen molar-refractivity contribution in [2.45, 2.75) is 39.5 Å². The molecule has 0 atom stereocenters. The Kier molecular flexibility index (Phi) is 5.39. The van der Waals surface area contributed by atoms with Crippen molar-refractivity contribution in [3.63, 3.8) is 0 Å². The van der Waals surface area contributed by atoms with Gasteiger partial charge in [-0.05, 0) is 35.1 Å². The number of aryl methyl sites for hydroxylation is 1. The molecule has 2 amide bonds. The summed E-state index contributed by atoms with van der Waals surface area (Å²) in [7, 11) is 0. The van der Waals surface area contributed by atoms with Gasteiger partial charge < -0.3 is 10.6 Å². The van der Waals surface area contributed by atoms with Gasteiger partial charge in [-0.15, -0.1) is 0 Å². The molecule has 0 saturated heterocycles. The molecule has 0 spiro atoms. The second kappa shape index (κ2) is 7.30. The molecular formula is C20H24N2O2. The third kappa shape index (κ3) is 4.22. The molecule has 2 N–H and O–H groups in total. The minimum Gasteiger partial charge on any atom is -0.318 e. The van der Waals surface area contributed by atoms with Gasteiger partial charge >= 0.3 is 11.8 Å². The minimum atomic E-state index is -0.669. The molecule has 0 heterocycles. The summed E-state index contributed by atoms with van der Waals surface area (Å²) in [6.07, 6.45) is 0.783. The second-order valence-electron chi connectivity index (χ2n) is 6.71. The lowest BCUT2D eigenvalue weighted by Crippen LogP contribution is -2.30. The molecule has 4 heteroatoms. The lowest BCUT2D eigenvalue weighted by molar-refractivity contribution is -0.133. The zero-order valence-corrected chi connectivity index (χ0v) is 14.6. The minimum absolute atomic E-state index is 0.130. The second-order valence-corrected chi connectivity index (χ2v) is 6.71. The highest BCUT2D eigenvalue weighted by atomic mass is 16.2. The Balaban J connectivity index is 2.15. The molecule has 0 saturated carbocycles. The van der Waals surface area contributed by atoms with E-state index in [1.807, 2.05) is 49.4 Å². The van der Waals surface area contributed by atoms with Crippen LogP contribution in [0.4, 0.5) is 11.4 Å². The molecule has 0 radical (unpaired) electrons. The number of rotatable bonds is 3. The van der Waals surface area contributed by atoms with E-state index < -0.39 is 11.8 Å². The zero-order chi connectivity index (χ0) is 17.7. The molecule has 24 heavy (non-hydrogen) atoms. The zero-order valence-electron chi connectivity index (χ0n) is 14.6. The average Bonchev–Trinajstić information content (AvgIpc) is 2.54. The molecule has 0 bridgehead atoms. The van der Waals surface area contributed by atoms with Crippen LogP contribution in [-0.2, 0) is 21.4 Å². The number of benzene rings is 2. The van der Waals surface area contributed by atoms with E-state index in [0.717, 1.165) is 17.5 Å². The van der Waals surface area contributed by atoms with Gasteiger partial charge in [0.1, 0.15) is 0 Å². The number of anilines is 2. The van der Waals surface area contributed by atoms with Crippen molar-refractivity contribution in [2.75, 3.05) is 10.6 Å². The van der Waals surface area contributed by atoms with E-state index in [0.29, 0.717) is 11.4 Å². The van der Waals surface area contributed by atoms with Crippen molar-refractivity contribution in [1.82, 2.24) is 0 Å². The molecule has 4 nitrogen and oxygen atoms in total. The number of hydrogen-bond acceptors (Lipinski definition) is 2. The van der Waals surface area contributed by atoms with Crippen LogP contribution in [0, 0.1) is 0 Å².